The minimum Gasteiger partial charge on any atom is -0.495 e. The van der Waals surface area contributed by atoms with Crippen LogP contribution >= 0.6 is 0 Å². The molecule has 0 aromatic heterocycles. The molecule has 8 heteroatoms. The molecule has 1 aromatic rings. The summed E-state index contributed by atoms with van der Waals surface area (Å²) >= 11 is 0. The minimum atomic E-state index is -3.22. The number of nitrogens with zero attached hydrogens (tertiary/aromatic N) is 1. The molecule has 0 radical (unpaired) electrons. The molecule has 2 rings (SSSR count). The summed E-state index contributed by atoms with van der Waals surface area (Å²) < 4.78 is 29.7. The third-order valence-electron chi connectivity index (χ3n) is 3.54. The second kappa shape index (κ2) is 6.97. The van der Waals surface area contributed by atoms with Gasteiger partial charge in [0.05, 0.1) is 19.1 Å². The molecular weight excluding hydrogens is 306 g/mol. The van der Waals surface area contributed by atoms with Gasteiger partial charge in [0.15, 0.2) is 0 Å². The fourth-order valence-electron chi connectivity index (χ4n) is 2.45. The highest BCUT2D eigenvalue weighted by molar-refractivity contribution is 7.88. The number of carbonyl (C=O) groups excluding carboxylic acids is 1. The predicted octanol–water partition coefficient (Wildman–Crippen LogP) is 1.24. The van der Waals surface area contributed by atoms with Crippen LogP contribution in [0.1, 0.15) is 12.8 Å². The molecule has 0 aliphatic carbocycles. The van der Waals surface area contributed by atoms with Gasteiger partial charge in [-0.15, -0.1) is 0 Å². The second-order valence-electron chi connectivity index (χ2n) is 5.26. The molecule has 1 aromatic carbocycles. The van der Waals surface area contributed by atoms with E-state index in [0.29, 0.717) is 24.5 Å². The molecule has 22 heavy (non-hydrogen) atoms. The summed E-state index contributed by atoms with van der Waals surface area (Å²) in [4.78, 5) is 12.1. The summed E-state index contributed by atoms with van der Waals surface area (Å²) in [5.41, 5.74) is 0.568. The van der Waals surface area contributed by atoms with Crippen molar-refractivity contribution in [2.24, 2.45) is 0 Å². The number of para-hydroxylation sites is 2. The number of sulfonamides is 1. The molecule has 0 unspecified atom stereocenters. The zero-order valence-electron chi connectivity index (χ0n) is 12.7. The number of anilines is 1. The zero-order valence-corrected chi connectivity index (χ0v) is 13.5. The van der Waals surface area contributed by atoms with E-state index in [4.69, 9.17) is 4.74 Å². The minimum absolute atomic E-state index is 0.196. The summed E-state index contributed by atoms with van der Waals surface area (Å²) in [5.74, 6) is 0.569. The number of benzene rings is 1. The lowest BCUT2D eigenvalue weighted by Gasteiger charge is -2.31. The molecule has 122 valence electrons. The van der Waals surface area contributed by atoms with Crippen LogP contribution in [0.2, 0.25) is 0 Å². The molecule has 1 atom stereocenters. The molecule has 1 saturated heterocycles. The number of hydrogen-bond acceptors (Lipinski definition) is 4. The van der Waals surface area contributed by atoms with Crippen molar-refractivity contribution in [2.75, 3.05) is 31.8 Å². The van der Waals surface area contributed by atoms with Crippen LogP contribution in [0.15, 0.2) is 24.3 Å². The Bertz CT molecular complexity index is 633. The van der Waals surface area contributed by atoms with Crippen molar-refractivity contribution in [1.82, 2.24) is 9.62 Å². The van der Waals surface area contributed by atoms with Crippen molar-refractivity contribution in [2.45, 2.75) is 18.9 Å². The van der Waals surface area contributed by atoms with Crippen molar-refractivity contribution < 1.29 is 17.9 Å². The Kier molecular flexibility index (Phi) is 5.25. The maximum atomic E-state index is 12.1. The fourth-order valence-corrected chi connectivity index (χ4v) is 3.36. The van der Waals surface area contributed by atoms with Crippen molar-refractivity contribution in [3.63, 3.8) is 0 Å². The highest BCUT2D eigenvalue weighted by Gasteiger charge is 2.26. The van der Waals surface area contributed by atoms with E-state index < -0.39 is 10.0 Å². The molecule has 0 spiro atoms. The summed E-state index contributed by atoms with van der Waals surface area (Å²) in [5, 5.41) is 5.53. The van der Waals surface area contributed by atoms with Gasteiger partial charge < -0.3 is 15.4 Å². The smallest absolute Gasteiger partial charge is 0.319 e. The fraction of sp³-hybridized carbons (Fsp3) is 0.500. The van der Waals surface area contributed by atoms with Crippen LogP contribution in [0.5, 0.6) is 5.75 Å². The average molecular weight is 327 g/mol. The number of urea groups is 1. The molecule has 1 fully saturated rings. The molecule has 2 amide bonds. The van der Waals surface area contributed by atoms with Gasteiger partial charge in [0.1, 0.15) is 5.75 Å². The zero-order chi connectivity index (χ0) is 16.2. The molecule has 7 nitrogen and oxygen atoms in total. The van der Waals surface area contributed by atoms with E-state index in [-0.39, 0.29) is 12.1 Å². The number of piperidine rings is 1. The van der Waals surface area contributed by atoms with Crippen LogP contribution in [0.25, 0.3) is 0 Å². The lowest BCUT2D eigenvalue weighted by molar-refractivity contribution is 0.236. The number of hydrogen-bond donors (Lipinski definition) is 2. The highest BCUT2D eigenvalue weighted by atomic mass is 32.2. The number of ether oxygens (including phenoxy) is 1. The third-order valence-corrected chi connectivity index (χ3v) is 4.81. The Morgan fingerprint density at radius 1 is 1.36 bits per heavy atom. The number of amides is 2. The normalized spacial score (nSPS) is 19.5. The van der Waals surface area contributed by atoms with Gasteiger partial charge in [-0.3, -0.25) is 0 Å². The van der Waals surface area contributed by atoms with Crippen molar-refractivity contribution in [1.29, 1.82) is 0 Å². The SMILES string of the molecule is COc1ccccc1NC(=O)N[C@@H]1CCCN(S(C)(=O)=O)C1. The first kappa shape index (κ1) is 16.6. The highest BCUT2D eigenvalue weighted by Crippen LogP contribution is 2.23. The molecular formula is C14H21N3O4S. The Morgan fingerprint density at radius 3 is 2.77 bits per heavy atom. The van der Waals surface area contributed by atoms with E-state index in [1.54, 1.807) is 18.2 Å². The van der Waals surface area contributed by atoms with E-state index >= 15 is 0 Å². The number of methoxy groups -OCH3 is 1. The molecule has 1 aliphatic rings. The standard InChI is InChI=1S/C14H21N3O4S/c1-21-13-8-4-3-7-12(13)16-14(18)15-11-6-5-9-17(10-11)22(2,19)20/h3-4,7-8,11H,5-6,9-10H2,1-2H3,(H2,15,16,18)/t11-/m1/s1. The van der Waals surface area contributed by atoms with E-state index in [0.717, 1.165) is 12.8 Å². The van der Waals surface area contributed by atoms with Gasteiger partial charge in [0.2, 0.25) is 10.0 Å². The van der Waals surface area contributed by atoms with Gasteiger partial charge in [-0.05, 0) is 25.0 Å². The van der Waals surface area contributed by atoms with Crippen molar-refractivity contribution in [3.8, 4) is 5.75 Å². The predicted molar refractivity (Wildman–Crippen MR) is 84.6 cm³/mol. The van der Waals surface area contributed by atoms with Gasteiger partial charge in [0.25, 0.3) is 0 Å². The summed E-state index contributed by atoms with van der Waals surface area (Å²) in [6, 6.07) is 6.53. The topological polar surface area (TPSA) is 87.7 Å². The summed E-state index contributed by atoms with van der Waals surface area (Å²) in [7, 11) is -1.69. The summed E-state index contributed by atoms with van der Waals surface area (Å²) in [6.07, 6.45) is 2.67. The Morgan fingerprint density at radius 2 is 2.09 bits per heavy atom. The van der Waals surface area contributed by atoms with E-state index in [1.807, 2.05) is 6.07 Å². The molecule has 1 aliphatic heterocycles. The van der Waals surface area contributed by atoms with E-state index in [1.165, 1.54) is 17.7 Å². The van der Waals surface area contributed by atoms with Gasteiger partial charge >= 0.3 is 6.03 Å². The summed E-state index contributed by atoms with van der Waals surface area (Å²) in [6.45, 7) is 0.809. The van der Waals surface area contributed by atoms with Gasteiger partial charge in [-0.1, -0.05) is 12.1 Å². The quantitative estimate of drug-likeness (QED) is 0.871. The van der Waals surface area contributed by atoms with E-state index in [2.05, 4.69) is 10.6 Å². The van der Waals surface area contributed by atoms with Crippen LogP contribution in [-0.4, -0.2) is 51.3 Å². The maximum Gasteiger partial charge on any atom is 0.319 e. The number of nitrogens with one attached hydrogen (secondary N) is 2. The van der Waals surface area contributed by atoms with Gasteiger partial charge in [0, 0.05) is 19.1 Å². The van der Waals surface area contributed by atoms with Gasteiger partial charge in [-0.25, -0.2) is 17.5 Å². The van der Waals surface area contributed by atoms with Crippen LogP contribution in [0, 0.1) is 0 Å². The lowest BCUT2D eigenvalue weighted by Crippen LogP contribution is -2.50. The van der Waals surface area contributed by atoms with E-state index in [9.17, 15) is 13.2 Å². The lowest BCUT2D eigenvalue weighted by atomic mass is 10.1. The van der Waals surface area contributed by atoms with Gasteiger partial charge in [-0.2, -0.15) is 0 Å². The molecule has 0 saturated carbocycles. The first-order valence-electron chi connectivity index (χ1n) is 7.06. The molecule has 2 N–H and O–H groups in total. The Labute approximate surface area is 130 Å². The van der Waals surface area contributed by atoms with Crippen molar-refractivity contribution in [3.05, 3.63) is 24.3 Å². The maximum absolute atomic E-state index is 12.1. The van der Waals surface area contributed by atoms with Crippen LogP contribution in [-0.2, 0) is 10.0 Å². The second-order valence-corrected chi connectivity index (χ2v) is 7.24. The number of rotatable bonds is 4. The van der Waals surface area contributed by atoms with Crippen LogP contribution in [0.3, 0.4) is 0 Å². The van der Waals surface area contributed by atoms with Crippen LogP contribution in [0.4, 0.5) is 10.5 Å². The Hall–Kier alpha value is -1.80. The number of carbonyl (C=O) groups is 1. The Balaban J connectivity index is 1.94. The largest absolute Gasteiger partial charge is 0.495 e. The molecule has 1 heterocycles. The van der Waals surface area contributed by atoms with Crippen molar-refractivity contribution >= 4 is 21.7 Å². The van der Waals surface area contributed by atoms with Crippen LogP contribution < -0.4 is 15.4 Å². The molecule has 0 bridgehead atoms. The first-order chi connectivity index (χ1) is 10.4. The average Bonchev–Trinajstić information content (AvgIpc) is 2.47. The third kappa shape index (κ3) is 4.35. The first-order valence-corrected chi connectivity index (χ1v) is 8.90. The monoisotopic (exact) mass is 327 g/mol.